The number of anilines is 1. The lowest BCUT2D eigenvalue weighted by atomic mass is 10.2. The fraction of sp³-hybridized carbons (Fsp3) is 0.150. The van der Waals surface area contributed by atoms with E-state index in [9.17, 15) is 9.59 Å². The van der Waals surface area contributed by atoms with Crippen LogP contribution in [0, 0.1) is 0 Å². The van der Waals surface area contributed by atoms with E-state index < -0.39 is 5.91 Å². The zero-order chi connectivity index (χ0) is 20.1. The molecule has 2 heterocycles. The summed E-state index contributed by atoms with van der Waals surface area (Å²) in [5.41, 5.74) is 1.14. The smallest absolute Gasteiger partial charge is 0.292 e. The molecule has 0 bridgehead atoms. The van der Waals surface area contributed by atoms with Crippen LogP contribution >= 0.6 is 0 Å². The van der Waals surface area contributed by atoms with Crippen LogP contribution in [-0.4, -0.2) is 42.0 Å². The maximum absolute atomic E-state index is 12.9. The van der Waals surface area contributed by atoms with Gasteiger partial charge in [0.25, 0.3) is 11.8 Å². The third-order valence-corrected chi connectivity index (χ3v) is 4.03. The van der Waals surface area contributed by atoms with Gasteiger partial charge in [-0.25, -0.2) is 4.98 Å². The number of methoxy groups -OCH3 is 2. The number of pyridine rings is 1. The Balaban J connectivity index is 1.96. The second kappa shape index (κ2) is 8.26. The van der Waals surface area contributed by atoms with E-state index in [1.165, 1.54) is 7.11 Å². The first-order valence-corrected chi connectivity index (χ1v) is 8.48. The van der Waals surface area contributed by atoms with E-state index in [4.69, 9.17) is 9.47 Å². The van der Waals surface area contributed by atoms with Gasteiger partial charge >= 0.3 is 0 Å². The molecule has 2 amide bonds. The van der Waals surface area contributed by atoms with E-state index in [2.05, 4.69) is 22.2 Å². The number of nitrogens with one attached hydrogen (secondary N) is 2. The number of benzene rings is 1. The molecule has 0 aliphatic heterocycles. The molecule has 3 aromatic rings. The predicted molar refractivity (Wildman–Crippen MR) is 105 cm³/mol. The van der Waals surface area contributed by atoms with Crippen LogP contribution in [0.3, 0.4) is 0 Å². The minimum Gasteiger partial charge on any atom is -0.497 e. The highest BCUT2D eigenvalue weighted by molar-refractivity contribution is 6.06. The molecule has 8 nitrogen and oxygen atoms in total. The topological polar surface area (TPSA) is 94.0 Å². The Morgan fingerprint density at radius 3 is 2.71 bits per heavy atom. The summed E-state index contributed by atoms with van der Waals surface area (Å²) in [6.45, 7) is 3.87. The van der Waals surface area contributed by atoms with Crippen LogP contribution in [0.5, 0.6) is 11.5 Å². The van der Waals surface area contributed by atoms with Gasteiger partial charge in [-0.05, 0) is 24.3 Å². The standard InChI is InChI=1S/C20H20N4O4/c1-4-10-21-19(25)17-15-7-5-6-11-24(15)18(23-17)20(26)22-14-9-8-13(27-2)12-16(14)28-3/h4-9,11-12H,1,10H2,2-3H3,(H,21,25)(H,22,26). The van der Waals surface area contributed by atoms with Crippen molar-refractivity contribution in [3.63, 3.8) is 0 Å². The summed E-state index contributed by atoms with van der Waals surface area (Å²) in [6, 6.07) is 10.3. The molecule has 0 radical (unpaired) electrons. The molecule has 8 heteroatoms. The number of ether oxygens (including phenoxy) is 2. The van der Waals surface area contributed by atoms with Crippen molar-refractivity contribution in [1.82, 2.24) is 14.7 Å². The van der Waals surface area contributed by atoms with Crippen LogP contribution in [-0.2, 0) is 0 Å². The fourth-order valence-corrected chi connectivity index (χ4v) is 2.69. The number of hydrogen-bond acceptors (Lipinski definition) is 5. The minimum atomic E-state index is -0.479. The van der Waals surface area contributed by atoms with Gasteiger partial charge < -0.3 is 20.1 Å². The summed E-state index contributed by atoms with van der Waals surface area (Å²) < 4.78 is 12.0. The molecule has 2 N–H and O–H groups in total. The number of hydrogen-bond donors (Lipinski definition) is 2. The van der Waals surface area contributed by atoms with Gasteiger partial charge in [-0.15, -0.1) is 6.58 Å². The number of carbonyl (C=O) groups is 2. The molecule has 144 valence electrons. The zero-order valence-corrected chi connectivity index (χ0v) is 15.6. The molecule has 0 atom stereocenters. The molecule has 0 saturated carbocycles. The monoisotopic (exact) mass is 380 g/mol. The maximum atomic E-state index is 12.9. The van der Waals surface area contributed by atoms with Crippen LogP contribution in [0.25, 0.3) is 5.52 Å². The Hall–Kier alpha value is -3.81. The summed E-state index contributed by atoms with van der Waals surface area (Å²) in [6.07, 6.45) is 3.24. The average molecular weight is 380 g/mol. The molecule has 2 aromatic heterocycles. The lowest BCUT2D eigenvalue weighted by Gasteiger charge is -2.11. The van der Waals surface area contributed by atoms with Crippen molar-refractivity contribution >= 4 is 23.0 Å². The SMILES string of the molecule is C=CCNC(=O)c1nc(C(=O)Nc2ccc(OC)cc2OC)n2ccccc12. The van der Waals surface area contributed by atoms with E-state index in [0.717, 1.165) is 0 Å². The van der Waals surface area contributed by atoms with Crippen molar-refractivity contribution in [2.24, 2.45) is 0 Å². The van der Waals surface area contributed by atoms with Crippen molar-refractivity contribution in [1.29, 1.82) is 0 Å². The van der Waals surface area contributed by atoms with E-state index in [0.29, 0.717) is 29.2 Å². The minimum absolute atomic E-state index is 0.0808. The first kappa shape index (κ1) is 19.0. The number of amides is 2. The lowest BCUT2D eigenvalue weighted by Crippen LogP contribution is -2.24. The van der Waals surface area contributed by atoms with Gasteiger partial charge in [0.2, 0.25) is 5.82 Å². The molecule has 0 spiro atoms. The Morgan fingerprint density at radius 2 is 2.00 bits per heavy atom. The fourth-order valence-electron chi connectivity index (χ4n) is 2.69. The number of fused-ring (bicyclic) bond motifs is 1. The number of imidazole rings is 1. The molecule has 3 rings (SSSR count). The van der Waals surface area contributed by atoms with Crippen molar-refractivity contribution in [2.75, 3.05) is 26.1 Å². The second-order valence-corrected chi connectivity index (χ2v) is 5.76. The molecule has 0 aliphatic rings. The predicted octanol–water partition coefficient (Wildman–Crippen LogP) is 2.52. The van der Waals surface area contributed by atoms with Crippen LogP contribution in [0.1, 0.15) is 21.1 Å². The zero-order valence-electron chi connectivity index (χ0n) is 15.6. The Labute approximate surface area is 161 Å². The number of carbonyl (C=O) groups excluding carboxylic acids is 2. The first-order chi connectivity index (χ1) is 13.6. The molecule has 0 saturated heterocycles. The molecular weight excluding hydrogens is 360 g/mol. The number of aromatic nitrogens is 2. The van der Waals surface area contributed by atoms with Crippen molar-refractivity contribution in [3.05, 3.63) is 66.8 Å². The van der Waals surface area contributed by atoms with Crippen molar-refractivity contribution in [2.45, 2.75) is 0 Å². The van der Waals surface area contributed by atoms with Gasteiger partial charge in [0, 0.05) is 18.8 Å². The van der Waals surface area contributed by atoms with Crippen molar-refractivity contribution < 1.29 is 19.1 Å². The molecule has 0 aliphatic carbocycles. The quantitative estimate of drug-likeness (QED) is 0.614. The summed E-state index contributed by atoms with van der Waals surface area (Å²) in [4.78, 5) is 29.5. The van der Waals surface area contributed by atoms with E-state index in [1.54, 1.807) is 60.2 Å². The third-order valence-electron chi connectivity index (χ3n) is 4.03. The molecule has 28 heavy (non-hydrogen) atoms. The van der Waals surface area contributed by atoms with Gasteiger partial charge in [-0.1, -0.05) is 12.1 Å². The van der Waals surface area contributed by atoms with Crippen LogP contribution in [0.4, 0.5) is 5.69 Å². The molecule has 0 fully saturated rings. The maximum Gasteiger partial charge on any atom is 0.292 e. The van der Waals surface area contributed by atoms with Gasteiger partial charge in [0.1, 0.15) is 11.5 Å². The third kappa shape index (κ3) is 3.66. The Morgan fingerprint density at radius 1 is 1.18 bits per heavy atom. The first-order valence-electron chi connectivity index (χ1n) is 8.48. The lowest BCUT2D eigenvalue weighted by molar-refractivity contribution is 0.0955. The van der Waals surface area contributed by atoms with Gasteiger partial charge in [-0.3, -0.25) is 14.0 Å². The summed E-state index contributed by atoms with van der Waals surface area (Å²) in [7, 11) is 3.04. The summed E-state index contributed by atoms with van der Waals surface area (Å²) >= 11 is 0. The van der Waals surface area contributed by atoms with Gasteiger partial charge in [0.15, 0.2) is 5.69 Å². The van der Waals surface area contributed by atoms with Crippen LogP contribution < -0.4 is 20.1 Å². The second-order valence-electron chi connectivity index (χ2n) is 5.76. The summed E-state index contributed by atoms with van der Waals surface area (Å²) in [5.74, 6) is 0.258. The van der Waals surface area contributed by atoms with E-state index in [-0.39, 0.29) is 17.4 Å². The van der Waals surface area contributed by atoms with E-state index >= 15 is 0 Å². The normalized spacial score (nSPS) is 10.4. The molecule has 1 aromatic carbocycles. The molecule has 0 unspecified atom stereocenters. The van der Waals surface area contributed by atoms with Crippen LogP contribution in [0.2, 0.25) is 0 Å². The number of rotatable bonds is 7. The molecular formula is C20H20N4O4. The average Bonchev–Trinajstić information content (AvgIpc) is 3.12. The van der Waals surface area contributed by atoms with Crippen molar-refractivity contribution in [3.8, 4) is 11.5 Å². The van der Waals surface area contributed by atoms with Gasteiger partial charge in [-0.2, -0.15) is 0 Å². The van der Waals surface area contributed by atoms with E-state index in [1.807, 2.05) is 0 Å². The summed E-state index contributed by atoms with van der Waals surface area (Å²) in [5, 5.41) is 5.44. The Kier molecular flexibility index (Phi) is 5.59. The highest BCUT2D eigenvalue weighted by atomic mass is 16.5. The highest BCUT2D eigenvalue weighted by Crippen LogP contribution is 2.29. The van der Waals surface area contributed by atoms with Crippen LogP contribution in [0.15, 0.2) is 55.3 Å². The Bertz CT molecular complexity index is 1040. The number of nitrogens with zero attached hydrogens (tertiary/aromatic N) is 2. The highest BCUT2D eigenvalue weighted by Gasteiger charge is 2.22. The largest absolute Gasteiger partial charge is 0.497 e. The van der Waals surface area contributed by atoms with Gasteiger partial charge in [0.05, 0.1) is 25.4 Å².